The number of H-pyrrole nitrogens is 1. The molecule has 2 aromatic rings. The van der Waals surface area contributed by atoms with Gasteiger partial charge in [0, 0.05) is 6.54 Å². The number of nitrogen functional groups attached to an aromatic ring is 1. The fourth-order valence-electron chi connectivity index (χ4n) is 2.42. The predicted octanol–water partition coefficient (Wildman–Crippen LogP) is -0.743. The smallest absolute Gasteiger partial charge is 0.224 e. The number of nitrogens with zero attached hydrogens (tertiary/aromatic N) is 4. The van der Waals surface area contributed by atoms with Gasteiger partial charge >= 0.3 is 0 Å². The maximum absolute atomic E-state index is 10.2. The van der Waals surface area contributed by atoms with Crippen LogP contribution >= 0.6 is 0 Å². The lowest BCUT2D eigenvalue weighted by Crippen LogP contribution is -2.55. The van der Waals surface area contributed by atoms with Crippen LogP contribution in [0.15, 0.2) is 6.20 Å². The van der Waals surface area contributed by atoms with E-state index >= 15 is 0 Å². The number of nitrogens with one attached hydrogen (secondary N) is 1. The number of nitrogens with two attached hydrogens (primary N) is 1. The van der Waals surface area contributed by atoms with Crippen molar-refractivity contribution in [2.75, 3.05) is 23.7 Å². The van der Waals surface area contributed by atoms with Crippen LogP contribution in [0.2, 0.25) is 0 Å². The second-order valence-corrected chi connectivity index (χ2v) is 5.12. The van der Waals surface area contributed by atoms with Gasteiger partial charge in [-0.1, -0.05) is 0 Å². The SMILES string of the molecule is CC1(O)CN(c2nc(N)nc3[nH]ncc23)CCC1O. The van der Waals surface area contributed by atoms with Crippen LogP contribution in [0.25, 0.3) is 11.0 Å². The molecule has 19 heavy (non-hydrogen) atoms. The topological polar surface area (TPSA) is 124 Å². The summed E-state index contributed by atoms with van der Waals surface area (Å²) < 4.78 is 0. The van der Waals surface area contributed by atoms with Gasteiger partial charge in [0.05, 0.1) is 24.2 Å². The number of rotatable bonds is 1. The lowest BCUT2D eigenvalue weighted by Gasteiger charge is -2.41. The second kappa shape index (κ2) is 4.04. The Bertz CT molecular complexity index is 610. The first-order chi connectivity index (χ1) is 8.97. The Morgan fingerprint density at radius 2 is 2.32 bits per heavy atom. The molecule has 1 saturated heterocycles. The summed E-state index contributed by atoms with van der Waals surface area (Å²) in [6, 6.07) is 0. The first kappa shape index (κ1) is 12.1. The molecule has 8 nitrogen and oxygen atoms in total. The third-order valence-electron chi connectivity index (χ3n) is 3.51. The summed E-state index contributed by atoms with van der Waals surface area (Å²) in [4.78, 5) is 10.2. The molecular formula is C11H16N6O2. The van der Waals surface area contributed by atoms with Gasteiger partial charge in [-0.25, -0.2) is 0 Å². The van der Waals surface area contributed by atoms with Gasteiger partial charge in [-0.3, -0.25) is 5.10 Å². The Labute approximate surface area is 109 Å². The van der Waals surface area contributed by atoms with Crippen molar-refractivity contribution in [1.29, 1.82) is 0 Å². The summed E-state index contributed by atoms with van der Waals surface area (Å²) in [5.74, 6) is 0.779. The summed E-state index contributed by atoms with van der Waals surface area (Å²) in [5, 5.41) is 27.4. The van der Waals surface area contributed by atoms with Gasteiger partial charge in [0.25, 0.3) is 0 Å². The number of aliphatic hydroxyl groups excluding tert-OH is 1. The van der Waals surface area contributed by atoms with Crippen LogP contribution in [0.4, 0.5) is 11.8 Å². The number of aliphatic hydroxyl groups is 2. The van der Waals surface area contributed by atoms with Gasteiger partial charge in [0.15, 0.2) is 5.65 Å². The molecule has 102 valence electrons. The molecule has 0 radical (unpaired) electrons. The number of fused-ring (bicyclic) bond motifs is 1. The van der Waals surface area contributed by atoms with Crippen LogP contribution in [0.3, 0.4) is 0 Å². The third kappa shape index (κ3) is 1.98. The van der Waals surface area contributed by atoms with Crippen LogP contribution in [0.5, 0.6) is 0 Å². The molecule has 1 aliphatic heterocycles. The zero-order valence-electron chi connectivity index (χ0n) is 10.5. The van der Waals surface area contributed by atoms with E-state index in [0.717, 1.165) is 5.39 Å². The number of aromatic nitrogens is 4. The van der Waals surface area contributed by atoms with Crippen molar-refractivity contribution >= 4 is 22.8 Å². The number of aromatic amines is 1. The molecule has 3 rings (SSSR count). The van der Waals surface area contributed by atoms with Gasteiger partial charge in [-0.2, -0.15) is 15.1 Å². The largest absolute Gasteiger partial charge is 0.390 e. The highest BCUT2D eigenvalue weighted by Gasteiger charge is 2.37. The van der Waals surface area contributed by atoms with Gasteiger partial charge in [0.2, 0.25) is 5.95 Å². The van der Waals surface area contributed by atoms with E-state index < -0.39 is 11.7 Å². The van der Waals surface area contributed by atoms with Crippen LogP contribution in [-0.2, 0) is 0 Å². The molecule has 5 N–H and O–H groups in total. The molecule has 0 aliphatic carbocycles. The minimum atomic E-state index is -1.17. The van der Waals surface area contributed by atoms with E-state index in [-0.39, 0.29) is 12.5 Å². The Kier molecular flexibility index (Phi) is 2.58. The lowest BCUT2D eigenvalue weighted by molar-refractivity contribution is -0.0692. The third-order valence-corrected chi connectivity index (χ3v) is 3.51. The number of hydrogen-bond donors (Lipinski definition) is 4. The van der Waals surface area contributed by atoms with E-state index in [4.69, 9.17) is 5.73 Å². The minimum Gasteiger partial charge on any atom is -0.390 e. The standard InChI is InChI=1S/C11H16N6O2/c1-11(19)5-17(3-2-7(11)18)9-6-4-13-16-8(6)14-10(12)15-9/h4,7,18-19H,2-3,5H2,1H3,(H3,12,13,14,15,16). The Balaban J connectivity index is 2.02. The highest BCUT2D eigenvalue weighted by atomic mass is 16.3. The predicted molar refractivity (Wildman–Crippen MR) is 69.6 cm³/mol. The highest BCUT2D eigenvalue weighted by molar-refractivity contribution is 5.87. The van der Waals surface area contributed by atoms with E-state index in [9.17, 15) is 10.2 Å². The van der Waals surface area contributed by atoms with Crippen molar-refractivity contribution in [2.24, 2.45) is 0 Å². The molecule has 1 aliphatic rings. The molecular weight excluding hydrogens is 248 g/mol. The van der Waals surface area contributed by atoms with Crippen LogP contribution in [0.1, 0.15) is 13.3 Å². The average molecular weight is 264 g/mol. The molecule has 0 saturated carbocycles. The molecule has 1 fully saturated rings. The summed E-state index contributed by atoms with van der Waals surface area (Å²) in [6.07, 6.45) is 1.36. The monoisotopic (exact) mass is 264 g/mol. The molecule has 0 bridgehead atoms. The fourth-order valence-corrected chi connectivity index (χ4v) is 2.42. The van der Waals surface area contributed by atoms with Crippen molar-refractivity contribution in [2.45, 2.75) is 25.0 Å². The summed E-state index contributed by atoms with van der Waals surface area (Å²) >= 11 is 0. The van der Waals surface area contributed by atoms with Crippen molar-refractivity contribution in [1.82, 2.24) is 20.2 Å². The molecule has 2 aromatic heterocycles. The molecule has 0 spiro atoms. The Morgan fingerprint density at radius 3 is 3.05 bits per heavy atom. The average Bonchev–Trinajstić information content (AvgIpc) is 2.79. The maximum Gasteiger partial charge on any atom is 0.224 e. The Hall–Kier alpha value is -1.93. The van der Waals surface area contributed by atoms with Gasteiger partial charge < -0.3 is 20.8 Å². The minimum absolute atomic E-state index is 0.150. The number of anilines is 2. The molecule has 3 heterocycles. The molecule has 0 aromatic carbocycles. The first-order valence-electron chi connectivity index (χ1n) is 6.09. The number of piperidine rings is 1. The number of β-amino-alcohol motifs (C(OH)–C–C–N with tert-alkyl or cyclic N) is 1. The van der Waals surface area contributed by atoms with Crippen LogP contribution in [0, 0.1) is 0 Å². The van der Waals surface area contributed by atoms with Crippen LogP contribution < -0.4 is 10.6 Å². The maximum atomic E-state index is 10.2. The van der Waals surface area contributed by atoms with Crippen molar-refractivity contribution < 1.29 is 10.2 Å². The van der Waals surface area contributed by atoms with E-state index in [2.05, 4.69) is 20.2 Å². The fraction of sp³-hybridized carbons (Fsp3) is 0.545. The van der Waals surface area contributed by atoms with Crippen molar-refractivity contribution in [3.05, 3.63) is 6.20 Å². The van der Waals surface area contributed by atoms with E-state index in [1.54, 1.807) is 13.1 Å². The van der Waals surface area contributed by atoms with Crippen molar-refractivity contribution in [3.63, 3.8) is 0 Å². The highest BCUT2D eigenvalue weighted by Crippen LogP contribution is 2.29. The van der Waals surface area contributed by atoms with Gasteiger partial charge in [-0.05, 0) is 13.3 Å². The van der Waals surface area contributed by atoms with E-state index in [1.165, 1.54) is 0 Å². The summed E-state index contributed by atoms with van der Waals surface area (Å²) in [5.41, 5.74) is 5.07. The van der Waals surface area contributed by atoms with Crippen molar-refractivity contribution in [3.8, 4) is 0 Å². The summed E-state index contributed by atoms with van der Waals surface area (Å²) in [7, 11) is 0. The number of hydrogen-bond acceptors (Lipinski definition) is 7. The normalized spacial score (nSPS) is 27.9. The van der Waals surface area contributed by atoms with Gasteiger partial charge in [0.1, 0.15) is 11.4 Å². The molecule has 0 amide bonds. The molecule has 8 heteroatoms. The Morgan fingerprint density at radius 1 is 1.53 bits per heavy atom. The van der Waals surface area contributed by atoms with E-state index in [1.807, 2.05) is 4.90 Å². The zero-order chi connectivity index (χ0) is 13.6. The lowest BCUT2D eigenvalue weighted by atomic mass is 9.91. The molecule has 2 atom stereocenters. The van der Waals surface area contributed by atoms with E-state index in [0.29, 0.717) is 24.4 Å². The zero-order valence-corrected chi connectivity index (χ0v) is 10.5. The quantitative estimate of drug-likeness (QED) is 0.534. The molecule has 2 unspecified atom stereocenters. The van der Waals surface area contributed by atoms with Gasteiger partial charge in [-0.15, -0.1) is 0 Å². The van der Waals surface area contributed by atoms with Crippen LogP contribution in [-0.4, -0.2) is 55.2 Å². The summed E-state index contributed by atoms with van der Waals surface area (Å²) in [6.45, 7) is 2.49. The second-order valence-electron chi connectivity index (χ2n) is 5.12. The first-order valence-corrected chi connectivity index (χ1v) is 6.09.